The maximum absolute atomic E-state index is 12.9. The maximum atomic E-state index is 12.9. The van der Waals surface area contributed by atoms with E-state index in [1.165, 1.54) is 0 Å². The number of rotatable bonds is 2. The van der Waals surface area contributed by atoms with Crippen LogP contribution < -0.4 is 5.73 Å². The lowest BCUT2D eigenvalue weighted by molar-refractivity contribution is -0.0809. The fraction of sp³-hybridized carbons (Fsp3) is 0.625. The fourth-order valence-corrected chi connectivity index (χ4v) is 6.14. The standard InChI is InChI=1S/C16H23NO2S2/c1-12-2-3-15(14(17)10-12)21(18)13-4-7-19-16(11-13)5-8-20-9-6-16/h2-3,10,13H,4-9,11,17H2,1H3. The van der Waals surface area contributed by atoms with Gasteiger partial charge in [0, 0.05) is 17.5 Å². The highest BCUT2D eigenvalue weighted by Gasteiger charge is 2.41. The first kappa shape index (κ1) is 15.4. The van der Waals surface area contributed by atoms with Crippen molar-refractivity contribution in [2.45, 2.75) is 48.4 Å². The van der Waals surface area contributed by atoms with Crippen molar-refractivity contribution in [3.05, 3.63) is 23.8 Å². The summed E-state index contributed by atoms with van der Waals surface area (Å²) < 4.78 is 19.0. The molecule has 2 fully saturated rings. The van der Waals surface area contributed by atoms with Crippen LogP contribution in [0.4, 0.5) is 5.69 Å². The molecule has 116 valence electrons. The van der Waals surface area contributed by atoms with Crippen LogP contribution in [0.2, 0.25) is 0 Å². The average molecular weight is 325 g/mol. The van der Waals surface area contributed by atoms with Gasteiger partial charge in [-0.25, -0.2) is 0 Å². The Balaban J connectivity index is 1.77. The van der Waals surface area contributed by atoms with E-state index in [1.807, 2.05) is 36.9 Å². The number of benzene rings is 1. The summed E-state index contributed by atoms with van der Waals surface area (Å²) in [4.78, 5) is 0.799. The molecule has 0 aliphatic carbocycles. The molecule has 2 aliphatic heterocycles. The molecule has 1 spiro atoms. The highest BCUT2D eigenvalue weighted by molar-refractivity contribution is 7.99. The third-order valence-electron chi connectivity index (χ3n) is 4.54. The van der Waals surface area contributed by atoms with Crippen LogP contribution in [-0.4, -0.2) is 33.2 Å². The number of hydrogen-bond donors (Lipinski definition) is 1. The quantitative estimate of drug-likeness (QED) is 0.849. The zero-order valence-electron chi connectivity index (χ0n) is 12.5. The SMILES string of the molecule is Cc1ccc(S(=O)C2CCOC3(CCSCC3)C2)c(N)c1. The Hall–Kier alpha value is -0.520. The lowest BCUT2D eigenvalue weighted by Crippen LogP contribution is -2.45. The molecule has 0 saturated carbocycles. The fourth-order valence-electron chi connectivity index (χ4n) is 3.29. The molecule has 2 saturated heterocycles. The van der Waals surface area contributed by atoms with E-state index in [9.17, 15) is 4.21 Å². The molecule has 0 amide bonds. The Morgan fingerprint density at radius 1 is 1.38 bits per heavy atom. The van der Waals surface area contributed by atoms with Crippen LogP contribution >= 0.6 is 11.8 Å². The highest BCUT2D eigenvalue weighted by atomic mass is 32.2. The molecule has 3 rings (SSSR count). The summed E-state index contributed by atoms with van der Waals surface area (Å²) in [7, 11) is -1.03. The number of aryl methyl sites for hydroxylation is 1. The van der Waals surface area contributed by atoms with Crippen molar-refractivity contribution in [2.75, 3.05) is 23.8 Å². The number of thioether (sulfide) groups is 1. The Morgan fingerprint density at radius 2 is 2.14 bits per heavy atom. The second kappa shape index (κ2) is 6.31. The predicted octanol–water partition coefficient (Wildman–Crippen LogP) is 3.13. The second-order valence-electron chi connectivity index (χ2n) is 6.10. The monoisotopic (exact) mass is 325 g/mol. The highest BCUT2D eigenvalue weighted by Crippen LogP contribution is 2.40. The lowest BCUT2D eigenvalue weighted by atomic mass is 9.88. The summed E-state index contributed by atoms with van der Waals surface area (Å²) in [5.41, 5.74) is 7.82. The Kier molecular flexibility index (Phi) is 4.62. The van der Waals surface area contributed by atoms with Crippen molar-refractivity contribution in [3.63, 3.8) is 0 Å². The zero-order valence-corrected chi connectivity index (χ0v) is 14.1. The van der Waals surface area contributed by atoms with Gasteiger partial charge < -0.3 is 10.5 Å². The van der Waals surface area contributed by atoms with Gasteiger partial charge in [0.25, 0.3) is 0 Å². The molecule has 2 heterocycles. The van der Waals surface area contributed by atoms with Crippen LogP contribution in [0.3, 0.4) is 0 Å². The zero-order chi connectivity index (χ0) is 14.9. The first-order valence-corrected chi connectivity index (χ1v) is 9.95. The van der Waals surface area contributed by atoms with E-state index in [1.54, 1.807) is 0 Å². The molecule has 3 nitrogen and oxygen atoms in total. The molecule has 1 aromatic carbocycles. The van der Waals surface area contributed by atoms with Gasteiger partial charge in [0.05, 0.1) is 21.3 Å². The van der Waals surface area contributed by atoms with E-state index < -0.39 is 10.8 Å². The number of ether oxygens (including phenoxy) is 1. The van der Waals surface area contributed by atoms with E-state index in [0.29, 0.717) is 5.69 Å². The summed E-state index contributed by atoms with van der Waals surface area (Å²) in [6, 6.07) is 5.84. The number of hydrogen-bond acceptors (Lipinski definition) is 4. The molecular formula is C16H23NO2S2. The van der Waals surface area contributed by atoms with Gasteiger partial charge in [0.1, 0.15) is 0 Å². The Morgan fingerprint density at radius 3 is 2.86 bits per heavy atom. The van der Waals surface area contributed by atoms with Crippen LogP contribution in [0.15, 0.2) is 23.1 Å². The summed E-state index contributed by atoms with van der Waals surface area (Å²) in [5.74, 6) is 2.32. The van der Waals surface area contributed by atoms with Gasteiger partial charge in [0.2, 0.25) is 0 Å². The van der Waals surface area contributed by atoms with Crippen LogP contribution in [-0.2, 0) is 15.5 Å². The Labute approximate surface area is 133 Å². The molecule has 1 aromatic rings. The third-order valence-corrected chi connectivity index (χ3v) is 7.34. The van der Waals surface area contributed by atoms with Gasteiger partial charge in [-0.1, -0.05) is 6.07 Å². The first-order valence-electron chi connectivity index (χ1n) is 7.58. The molecule has 0 aromatic heterocycles. The normalized spacial score (nSPS) is 26.6. The van der Waals surface area contributed by atoms with Crippen LogP contribution in [0, 0.1) is 6.92 Å². The van der Waals surface area contributed by atoms with E-state index in [0.717, 1.165) is 54.3 Å². The molecule has 2 unspecified atom stereocenters. The van der Waals surface area contributed by atoms with Gasteiger partial charge in [0.15, 0.2) is 0 Å². The van der Waals surface area contributed by atoms with Gasteiger partial charge in [-0.15, -0.1) is 0 Å². The van der Waals surface area contributed by atoms with Crippen molar-refractivity contribution >= 4 is 28.2 Å². The van der Waals surface area contributed by atoms with Crippen LogP contribution in [0.25, 0.3) is 0 Å². The van der Waals surface area contributed by atoms with E-state index >= 15 is 0 Å². The van der Waals surface area contributed by atoms with Gasteiger partial charge >= 0.3 is 0 Å². The minimum Gasteiger partial charge on any atom is -0.398 e. The number of nitrogens with two attached hydrogens (primary N) is 1. The summed E-state index contributed by atoms with van der Waals surface area (Å²) in [6.07, 6.45) is 3.96. The molecule has 21 heavy (non-hydrogen) atoms. The minimum absolute atomic E-state index is 0.0245. The van der Waals surface area contributed by atoms with E-state index in [-0.39, 0.29) is 10.9 Å². The summed E-state index contributed by atoms with van der Waals surface area (Å²) in [6.45, 7) is 2.74. The van der Waals surface area contributed by atoms with Crippen molar-refractivity contribution in [1.29, 1.82) is 0 Å². The summed E-state index contributed by atoms with van der Waals surface area (Å²) >= 11 is 2.00. The van der Waals surface area contributed by atoms with Gasteiger partial charge in [-0.05, 0) is 61.8 Å². The largest absolute Gasteiger partial charge is 0.398 e. The van der Waals surface area contributed by atoms with Crippen molar-refractivity contribution in [3.8, 4) is 0 Å². The lowest BCUT2D eigenvalue weighted by Gasteiger charge is -2.43. The van der Waals surface area contributed by atoms with E-state index in [4.69, 9.17) is 10.5 Å². The summed E-state index contributed by atoms with van der Waals surface area (Å²) in [5, 5.41) is 0.173. The van der Waals surface area contributed by atoms with Crippen molar-refractivity contribution in [2.24, 2.45) is 0 Å². The number of nitrogen functional groups attached to an aromatic ring is 1. The molecule has 5 heteroatoms. The number of anilines is 1. The molecule has 2 aliphatic rings. The van der Waals surface area contributed by atoms with Gasteiger partial charge in [-0.3, -0.25) is 4.21 Å². The smallest absolute Gasteiger partial charge is 0.0709 e. The molecule has 2 atom stereocenters. The van der Waals surface area contributed by atoms with Crippen molar-refractivity contribution in [1.82, 2.24) is 0 Å². The second-order valence-corrected chi connectivity index (χ2v) is 9.02. The molecule has 0 bridgehead atoms. The minimum atomic E-state index is -1.03. The van der Waals surface area contributed by atoms with Gasteiger partial charge in [-0.2, -0.15) is 11.8 Å². The van der Waals surface area contributed by atoms with Crippen LogP contribution in [0.1, 0.15) is 31.2 Å². The third kappa shape index (κ3) is 3.30. The van der Waals surface area contributed by atoms with Crippen LogP contribution in [0.5, 0.6) is 0 Å². The van der Waals surface area contributed by atoms with E-state index in [2.05, 4.69) is 0 Å². The average Bonchev–Trinajstić information content (AvgIpc) is 2.47. The van der Waals surface area contributed by atoms with Crippen molar-refractivity contribution < 1.29 is 8.95 Å². The predicted molar refractivity (Wildman–Crippen MR) is 90.3 cm³/mol. The Bertz CT molecular complexity index is 536. The molecular weight excluding hydrogens is 302 g/mol. The topological polar surface area (TPSA) is 52.3 Å². The molecule has 2 N–H and O–H groups in total. The first-order chi connectivity index (χ1) is 10.1. The molecule has 0 radical (unpaired) electrons. The maximum Gasteiger partial charge on any atom is 0.0709 e.